The molecule has 38 heavy (non-hydrogen) atoms. The van der Waals surface area contributed by atoms with Gasteiger partial charge in [-0.25, -0.2) is 9.79 Å². The molecule has 0 saturated carbocycles. The fourth-order valence-corrected chi connectivity index (χ4v) is 6.08. The highest BCUT2D eigenvalue weighted by Crippen LogP contribution is 2.31. The van der Waals surface area contributed by atoms with Crippen molar-refractivity contribution in [1.29, 1.82) is 0 Å². The quantitative estimate of drug-likeness (QED) is 0.325. The van der Waals surface area contributed by atoms with Gasteiger partial charge in [-0.15, -0.1) is 0 Å². The van der Waals surface area contributed by atoms with Gasteiger partial charge in [0.15, 0.2) is 4.80 Å². The molecule has 0 spiro atoms. The summed E-state index contributed by atoms with van der Waals surface area (Å²) in [5.41, 5.74) is 6.67. The van der Waals surface area contributed by atoms with E-state index >= 15 is 0 Å². The summed E-state index contributed by atoms with van der Waals surface area (Å²) in [7, 11) is 0. The Balaban J connectivity index is 1.68. The van der Waals surface area contributed by atoms with Crippen LogP contribution in [0.15, 0.2) is 75.7 Å². The molecule has 0 radical (unpaired) electrons. The molecule has 3 heterocycles. The number of aryl methyl sites for hydroxylation is 2. The molecular weight excluding hydrogens is 518 g/mol. The third-order valence-corrected chi connectivity index (χ3v) is 7.99. The molecular formula is C30H28ClN3O3S. The van der Waals surface area contributed by atoms with Crippen molar-refractivity contribution in [3.8, 4) is 5.69 Å². The highest BCUT2D eigenvalue weighted by Gasteiger charge is 2.33. The van der Waals surface area contributed by atoms with E-state index in [1.807, 2.05) is 75.4 Å². The fourth-order valence-electron chi connectivity index (χ4n) is 4.92. The van der Waals surface area contributed by atoms with Crippen LogP contribution in [0.4, 0.5) is 0 Å². The van der Waals surface area contributed by atoms with Crippen molar-refractivity contribution in [3.63, 3.8) is 0 Å². The summed E-state index contributed by atoms with van der Waals surface area (Å²) in [4.78, 5) is 32.2. The van der Waals surface area contributed by atoms with Crippen molar-refractivity contribution in [1.82, 2.24) is 9.13 Å². The molecule has 2 aromatic carbocycles. The number of carbonyl (C=O) groups is 1. The average Bonchev–Trinajstić information content (AvgIpc) is 3.34. The second-order valence-electron chi connectivity index (χ2n) is 9.35. The van der Waals surface area contributed by atoms with Gasteiger partial charge < -0.3 is 9.30 Å². The third kappa shape index (κ3) is 4.57. The van der Waals surface area contributed by atoms with Crippen molar-refractivity contribution < 1.29 is 9.53 Å². The molecule has 1 aliphatic heterocycles. The van der Waals surface area contributed by atoms with Gasteiger partial charge in [0.05, 0.1) is 28.5 Å². The lowest BCUT2D eigenvalue weighted by molar-refractivity contribution is -0.139. The monoisotopic (exact) mass is 545 g/mol. The summed E-state index contributed by atoms with van der Waals surface area (Å²) in [5, 5.41) is 0.679. The third-order valence-electron chi connectivity index (χ3n) is 6.75. The zero-order valence-corrected chi connectivity index (χ0v) is 23.5. The Kier molecular flexibility index (Phi) is 6.99. The van der Waals surface area contributed by atoms with Crippen LogP contribution in [0.25, 0.3) is 11.8 Å². The molecule has 1 atom stereocenters. The lowest BCUT2D eigenvalue weighted by Crippen LogP contribution is -2.39. The van der Waals surface area contributed by atoms with Crippen LogP contribution in [0.5, 0.6) is 0 Å². The first-order valence-electron chi connectivity index (χ1n) is 12.4. The number of benzene rings is 2. The van der Waals surface area contributed by atoms with Crippen LogP contribution in [-0.4, -0.2) is 21.7 Å². The van der Waals surface area contributed by atoms with E-state index < -0.39 is 12.0 Å². The van der Waals surface area contributed by atoms with Crippen LogP contribution >= 0.6 is 22.9 Å². The highest BCUT2D eigenvalue weighted by atomic mass is 35.5. The van der Waals surface area contributed by atoms with E-state index in [2.05, 4.69) is 15.6 Å². The van der Waals surface area contributed by atoms with E-state index in [0.29, 0.717) is 25.6 Å². The number of aromatic nitrogens is 2. The number of rotatable bonds is 5. The van der Waals surface area contributed by atoms with Crippen molar-refractivity contribution in [2.24, 2.45) is 4.99 Å². The van der Waals surface area contributed by atoms with Gasteiger partial charge in [0, 0.05) is 22.1 Å². The zero-order valence-electron chi connectivity index (χ0n) is 21.9. The van der Waals surface area contributed by atoms with Crippen LogP contribution in [0.2, 0.25) is 5.02 Å². The number of fused-ring (bicyclic) bond motifs is 1. The van der Waals surface area contributed by atoms with Crippen molar-refractivity contribution >= 4 is 35.0 Å². The minimum atomic E-state index is -0.616. The molecule has 0 amide bonds. The summed E-state index contributed by atoms with van der Waals surface area (Å²) in [5.74, 6) is -0.458. The highest BCUT2D eigenvalue weighted by molar-refractivity contribution is 7.07. The van der Waals surface area contributed by atoms with E-state index in [4.69, 9.17) is 16.3 Å². The van der Waals surface area contributed by atoms with Gasteiger partial charge in [-0.1, -0.05) is 52.8 Å². The van der Waals surface area contributed by atoms with E-state index in [-0.39, 0.29) is 12.2 Å². The SMILES string of the molecule is CCOC(=O)C1=C(C)N=c2sc(=Cc3cc(C)n(-c4ccc(Cl)cc4)c3C)c(=O)n2C1c1ccc(C)cc1. The first-order chi connectivity index (χ1) is 18.2. The molecule has 1 aliphatic rings. The minimum Gasteiger partial charge on any atom is -0.463 e. The van der Waals surface area contributed by atoms with Crippen molar-refractivity contribution in [2.75, 3.05) is 6.61 Å². The summed E-state index contributed by atoms with van der Waals surface area (Å²) >= 11 is 7.41. The maximum atomic E-state index is 13.9. The number of esters is 1. The van der Waals surface area contributed by atoms with Gasteiger partial charge in [-0.3, -0.25) is 9.36 Å². The van der Waals surface area contributed by atoms with Crippen molar-refractivity contribution in [2.45, 2.75) is 40.7 Å². The Morgan fingerprint density at radius 3 is 2.42 bits per heavy atom. The molecule has 1 unspecified atom stereocenters. The number of hydrogen-bond acceptors (Lipinski definition) is 5. The Morgan fingerprint density at radius 1 is 1.08 bits per heavy atom. The Morgan fingerprint density at radius 2 is 1.76 bits per heavy atom. The fraction of sp³-hybridized carbons (Fsp3) is 0.233. The van der Waals surface area contributed by atoms with E-state index in [0.717, 1.165) is 33.8 Å². The number of hydrogen-bond donors (Lipinski definition) is 0. The minimum absolute atomic E-state index is 0.190. The largest absolute Gasteiger partial charge is 0.463 e. The van der Waals surface area contributed by atoms with Crippen LogP contribution in [0, 0.1) is 20.8 Å². The first-order valence-corrected chi connectivity index (χ1v) is 13.6. The molecule has 194 valence electrons. The smallest absolute Gasteiger partial charge is 0.338 e. The topological polar surface area (TPSA) is 65.6 Å². The first kappa shape index (κ1) is 25.9. The predicted octanol–water partition coefficient (Wildman–Crippen LogP) is 5.17. The maximum Gasteiger partial charge on any atom is 0.338 e. The van der Waals surface area contributed by atoms with Crippen LogP contribution in [0.1, 0.15) is 48.0 Å². The number of carbonyl (C=O) groups excluding carboxylic acids is 1. The number of thiazole rings is 1. The van der Waals surface area contributed by atoms with E-state index in [1.54, 1.807) is 18.4 Å². The van der Waals surface area contributed by atoms with Crippen molar-refractivity contribution in [3.05, 3.63) is 119 Å². The molecule has 0 fully saturated rings. The molecule has 4 aromatic rings. The molecule has 0 N–H and O–H groups in total. The van der Waals surface area contributed by atoms with E-state index in [1.165, 1.54) is 11.3 Å². The van der Waals surface area contributed by atoms with Gasteiger partial charge in [0.1, 0.15) is 0 Å². The Labute approximate surface area is 229 Å². The van der Waals surface area contributed by atoms with Gasteiger partial charge in [0.2, 0.25) is 0 Å². The lowest BCUT2D eigenvalue weighted by atomic mass is 9.95. The molecule has 0 saturated heterocycles. The molecule has 5 rings (SSSR count). The second-order valence-corrected chi connectivity index (χ2v) is 10.8. The second kappa shape index (κ2) is 10.2. The zero-order chi connectivity index (χ0) is 27.1. The number of halogens is 1. The van der Waals surface area contributed by atoms with Gasteiger partial charge >= 0.3 is 5.97 Å². The summed E-state index contributed by atoms with van der Waals surface area (Å²) in [6.07, 6.45) is 1.91. The van der Waals surface area contributed by atoms with Crippen LogP contribution in [0.3, 0.4) is 0 Å². The molecule has 6 nitrogen and oxygen atoms in total. The lowest BCUT2D eigenvalue weighted by Gasteiger charge is -2.24. The number of nitrogens with zero attached hydrogens (tertiary/aromatic N) is 3. The molecule has 2 aromatic heterocycles. The predicted molar refractivity (Wildman–Crippen MR) is 152 cm³/mol. The summed E-state index contributed by atoms with van der Waals surface area (Å²) in [6.45, 7) is 9.87. The normalized spacial score (nSPS) is 15.4. The summed E-state index contributed by atoms with van der Waals surface area (Å²) < 4.78 is 9.69. The number of allylic oxidation sites excluding steroid dienone is 1. The average molecular weight is 546 g/mol. The molecule has 0 bridgehead atoms. The van der Waals surface area contributed by atoms with Crippen LogP contribution < -0.4 is 14.9 Å². The Hall–Kier alpha value is -3.68. The molecule has 8 heteroatoms. The summed E-state index contributed by atoms with van der Waals surface area (Å²) in [6, 6.07) is 17.0. The Bertz CT molecular complexity index is 1760. The van der Waals surface area contributed by atoms with Crippen LogP contribution in [-0.2, 0) is 9.53 Å². The number of ether oxygens (including phenoxy) is 1. The van der Waals surface area contributed by atoms with Gasteiger partial charge in [0.25, 0.3) is 5.56 Å². The standard InChI is InChI=1S/C30H28ClN3O3S/c1-6-37-29(36)26-19(4)32-30-34(27(26)21-9-7-17(2)8-10-21)28(35)25(38-30)16-22-15-18(3)33(20(22)5)24-13-11-23(31)12-14-24/h7-16,27H,6H2,1-5H3. The molecule has 0 aliphatic carbocycles. The maximum absolute atomic E-state index is 13.9. The van der Waals surface area contributed by atoms with Gasteiger partial charge in [-0.2, -0.15) is 0 Å². The van der Waals surface area contributed by atoms with Gasteiger partial charge in [-0.05, 0) is 82.2 Å². The van der Waals surface area contributed by atoms with E-state index in [9.17, 15) is 9.59 Å².